The van der Waals surface area contributed by atoms with Gasteiger partial charge in [-0.15, -0.1) is 0 Å². The van der Waals surface area contributed by atoms with Crippen LogP contribution in [0.1, 0.15) is 25.1 Å². The fraction of sp³-hybridized carbons (Fsp3) is 0.500. The third-order valence-electron chi connectivity index (χ3n) is 3.01. The molecule has 0 aromatic carbocycles. The van der Waals surface area contributed by atoms with Gasteiger partial charge in [-0.2, -0.15) is 0 Å². The van der Waals surface area contributed by atoms with E-state index in [1.807, 2.05) is 0 Å². The molecule has 3 atom stereocenters. The molecule has 0 saturated carbocycles. The lowest BCUT2D eigenvalue weighted by molar-refractivity contribution is -0.0311. The lowest BCUT2D eigenvalue weighted by Crippen LogP contribution is -2.33. The van der Waals surface area contributed by atoms with E-state index in [4.69, 9.17) is 4.74 Å². The van der Waals surface area contributed by atoms with Crippen LogP contribution in [-0.2, 0) is 4.74 Å². The van der Waals surface area contributed by atoms with Crippen LogP contribution in [0.4, 0.5) is 4.39 Å². The van der Waals surface area contributed by atoms with Gasteiger partial charge in [0.1, 0.15) is 19.0 Å². The quantitative estimate of drug-likeness (QED) is 0.821. The van der Waals surface area contributed by atoms with Crippen LogP contribution in [0.5, 0.6) is 0 Å². The van der Waals surface area contributed by atoms with Crippen LogP contribution >= 0.6 is 0 Å². The maximum atomic E-state index is 12.6. The van der Waals surface area contributed by atoms with E-state index in [0.717, 1.165) is 4.57 Å². The Balaban J connectivity index is 2.38. The standard InChI is InChI=1S/C12H15FN2O4/c1-2-3-7-6-15(12(18)14-11(7)17)10-4-8(16)9(5-13)19-10/h2-3,6,8-10,16H,4-5H2,1H3,(H,14,17,18)/b3-2+. The zero-order chi connectivity index (χ0) is 14.0. The third kappa shape index (κ3) is 2.66. The molecule has 3 unspecified atom stereocenters. The minimum Gasteiger partial charge on any atom is -0.390 e. The van der Waals surface area contributed by atoms with E-state index in [9.17, 15) is 19.1 Å². The maximum absolute atomic E-state index is 12.6. The van der Waals surface area contributed by atoms with Gasteiger partial charge in [-0.3, -0.25) is 14.3 Å². The Morgan fingerprint density at radius 3 is 2.95 bits per heavy atom. The first kappa shape index (κ1) is 13.7. The Morgan fingerprint density at radius 1 is 1.63 bits per heavy atom. The summed E-state index contributed by atoms with van der Waals surface area (Å²) in [5.74, 6) is 0. The number of aliphatic hydroxyl groups is 1. The molecular weight excluding hydrogens is 255 g/mol. The summed E-state index contributed by atoms with van der Waals surface area (Å²) in [6.45, 7) is 0.918. The number of ether oxygens (including phenoxy) is 1. The van der Waals surface area contributed by atoms with Crippen LogP contribution in [0.3, 0.4) is 0 Å². The molecule has 1 fully saturated rings. The number of nitrogens with one attached hydrogen (secondary N) is 1. The molecule has 0 spiro atoms. The number of H-pyrrole nitrogens is 1. The van der Waals surface area contributed by atoms with E-state index in [1.165, 1.54) is 6.20 Å². The number of nitrogens with zero attached hydrogens (tertiary/aromatic N) is 1. The van der Waals surface area contributed by atoms with Crippen LogP contribution < -0.4 is 11.2 Å². The van der Waals surface area contributed by atoms with Crippen molar-refractivity contribution in [2.75, 3.05) is 6.67 Å². The highest BCUT2D eigenvalue weighted by Gasteiger charge is 2.35. The van der Waals surface area contributed by atoms with Crippen molar-refractivity contribution in [3.8, 4) is 0 Å². The molecule has 6 nitrogen and oxygen atoms in total. The summed E-state index contributed by atoms with van der Waals surface area (Å²) in [6.07, 6.45) is 1.99. The molecule has 19 heavy (non-hydrogen) atoms. The highest BCUT2D eigenvalue weighted by molar-refractivity contribution is 5.45. The van der Waals surface area contributed by atoms with Crippen LogP contribution in [0, 0.1) is 0 Å². The number of rotatable bonds is 3. The third-order valence-corrected chi connectivity index (χ3v) is 3.01. The zero-order valence-corrected chi connectivity index (χ0v) is 10.4. The molecule has 0 radical (unpaired) electrons. The second-order valence-corrected chi connectivity index (χ2v) is 4.34. The Kier molecular flexibility index (Phi) is 3.96. The van der Waals surface area contributed by atoms with E-state index in [1.54, 1.807) is 19.1 Å². The number of hydrogen-bond acceptors (Lipinski definition) is 4. The van der Waals surface area contributed by atoms with Crippen molar-refractivity contribution in [2.45, 2.75) is 31.8 Å². The predicted molar refractivity (Wildman–Crippen MR) is 66.5 cm³/mol. The lowest BCUT2D eigenvalue weighted by atomic mass is 10.2. The summed E-state index contributed by atoms with van der Waals surface area (Å²) < 4.78 is 19.0. The van der Waals surface area contributed by atoms with Gasteiger partial charge >= 0.3 is 5.69 Å². The van der Waals surface area contributed by atoms with Crippen molar-refractivity contribution in [1.29, 1.82) is 0 Å². The number of halogens is 1. The van der Waals surface area contributed by atoms with Crippen LogP contribution in [-0.4, -0.2) is 33.5 Å². The largest absolute Gasteiger partial charge is 0.390 e. The Bertz CT molecular complexity index is 592. The minimum atomic E-state index is -0.959. The van der Waals surface area contributed by atoms with Gasteiger partial charge in [0.2, 0.25) is 0 Å². The molecule has 1 aliphatic rings. The molecule has 2 rings (SSSR count). The molecule has 1 aromatic rings. The van der Waals surface area contributed by atoms with E-state index in [-0.39, 0.29) is 6.42 Å². The average molecular weight is 270 g/mol. The Labute approximate surface area is 108 Å². The summed E-state index contributed by atoms with van der Waals surface area (Å²) >= 11 is 0. The van der Waals surface area contributed by atoms with Crippen molar-refractivity contribution in [2.24, 2.45) is 0 Å². The molecule has 2 heterocycles. The van der Waals surface area contributed by atoms with Gasteiger partial charge in [0.25, 0.3) is 5.56 Å². The van der Waals surface area contributed by atoms with Gasteiger partial charge in [0, 0.05) is 12.6 Å². The maximum Gasteiger partial charge on any atom is 0.330 e. The van der Waals surface area contributed by atoms with Crippen molar-refractivity contribution >= 4 is 6.08 Å². The molecule has 0 bridgehead atoms. The first-order chi connectivity index (χ1) is 9.06. The van der Waals surface area contributed by atoms with Crippen LogP contribution in [0.15, 0.2) is 21.9 Å². The number of aromatic nitrogens is 2. The molecule has 2 N–H and O–H groups in total. The monoisotopic (exact) mass is 270 g/mol. The zero-order valence-electron chi connectivity index (χ0n) is 10.4. The second kappa shape index (κ2) is 5.50. The van der Waals surface area contributed by atoms with Crippen molar-refractivity contribution in [3.05, 3.63) is 38.7 Å². The number of allylic oxidation sites excluding steroid dienone is 1. The van der Waals surface area contributed by atoms with E-state index < -0.39 is 36.4 Å². The smallest absolute Gasteiger partial charge is 0.330 e. The SMILES string of the molecule is C/C=C/c1cn(C2CC(O)C(CF)O2)c(=O)[nH]c1=O. The second-order valence-electron chi connectivity index (χ2n) is 4.34. The summed E-state index contributed by atoms with van der Waals surface area (Å²) in [5, 5.41) is 9.57. The molecule has 0 amide bonds. The summed E-state index contributed by atoms with van der Waals surface area (Å²) in [4.78, 5) is 25.4. The fourth-order valence-electron chi connectivity index (χ4n) is 2.04. The molecule has 7 heteroatoms. The highest BCUT2D eigenvalue weighted by atomic mass is 19.1. The molecular formula is C12H15FN2O4. The van der Waals surface area contributed by atoms with Crippen molar-refractivity contribution in [1.82, 2.24) is 9.55 Å². The molecule has 1 aromatic heterocycles. The van der Waals surface area contributed by atoms with E-state index in [0.29, 0.717) is 5.56 Å². The molecule has 0 aliphatic carbocycles. The summed E-state index contributed by atoms with van der Waals surface area (Å²) in [5.41, 5.74) is -0.848. The number of aliphatic hydroxyl groups excluding tert-OH is 1. The normalized spacial score (nSPS) is 27.2. The lowest BCUT2D eigenvalue weighted by Gasteiger charge is -2.14. The van der Waals surface area contributed by atoms with Gasteiger partial charge in [0.05, 0.1) is 11.7 Å². The number of aromatic amines is 1. The van der Waals surface area contributed by atoms with Gasteiger partial charge < -0.3 is 9.84 Å². The van der Waals surface area contributed by atoms with Gasteiger partial charge in [0.15, 0.2) is 0 Å². The van der Waals surface area contributed by atoms with Crippen molar-refractivity contribution in [3.63, 3.8) is 0 Å². The first-order valence-corrected chi connectivity index (χ1v) is 5.94. The molecule has 1 saturated heterocycles. The Hall–Kier alpha value is -1.73. The van der Waals surface area contributed by atoms with E-state index in [2.05, 4.69) is 4.98 Å². The highest BCUT2D eigenvalue weighted by Crippen LogP contribution is 2.27. The predicted octanol–water partition coefficient (Wildman–Crippen LogP) is 0.188. The molecule has 104 valence electrons. The minimum absolute atomic E-state index is 0.107. The first-order valence-electron chi connectivity index (χ1n) is 5.94. The van der Waals surface area contributed by atoms with Gasteiger partial charge in [-0.05, 0) is 6.92 Å². The average Bonchev–Trinajstić information content (AvgIpc) is 2.74. The Morgan fingerprint density at radius 2 is 2.37 bits per heavy atom. The number of hydrogen-bond donors (Lipinski definition) is 2. The number of alkyl halides is 1. The topological polar surface area (TPSA) is 84.3 Å². The van der Waals surface area contributed by atoms with Gasteiger partial charge in [-0.1, -0.05) is 12.2 Å². The van der Waals surface area contributed by atoms with Crippen molar-refractivity contribution < 1.29 is 14.2 Å². The summed E-state index contributed by atoms with van der Waals surface area (Å²) in [7, 11) is 0. The fourth-order valence-corrected chi connectivity index (χ4v) is 2.04. The van der Waals surface area contributed by atoms with Crippen LogP contribution in [0.2, 0.25) is 0 Å². The van der Waals surface area contributed by atoms with Crippen LogP contribution in [0.25, 0.3) is 6.08 Å². The van der Waals surface area contributed by atoms with E-state index >= 15 is 0 Å². The molecule has 1 aliphatic heterocycles. The van der Waals surface area contributed by atoms with Gasteiger partial charge in [-0.25, -0.2) is 9.18 Å². The summed E-state index contributed by atoms with van der Waals surface area (Å²) in [6, 6.07) is 0.